The third kappa shape index (κ3) is 2.29. The van der Waals surface area contributed by atoms with Gasteiger partial charge in [-0.3, -0.25) is 4.79 Å². The number of aliphatic hydroxyl groups is 1. The predicted octanol–water partition coefficient (Wildman–Crippen LogP) is 1.84. The summed E-state index contributed by atoms with van der Waals surface area (Å²) in [5.74, 6) is -2.10. The summed E-state index contributed by atoms with van der Waals surface area (Å²) in [4.78, 5) is 13.1. The Kier molecular flexibility index (Phi) is 3.38. The van der Waals surface area contributed by atoms with Gasteiger partial charge in [0.1, 0.15) is 0 Å². The summed E-state index contributed by atoms with van der Waals surface area (Å²) in [6.45, 7) is -0.176. The smallest absolute Gasteiger partial charge is 0.227 e. The maximum absolute atomic E-state index is 13.1. The monoisotopic (exact) mass is 241 g/mol. The number of anilines is 1. The fourth-order valence-electron chi connectivity index (χ4n) is 2.10. The Morgan fingerprint density at radius 1 is 1.35 bits per heavy atom. The topological polar surface area (TPSA) is 40.5 Å². The second-order valence-electron chi connectivity index (χ2n) is 4.09. The van der Waals surface area contributed by atoms with Crippen molar-refractivity contribution in [2.24, 2.45) is 0 Å². The Morgan fingerprint density at radius 2 is 2.12 bits per heavy atom. The molecule has 0 radical (unpaired) electrons. The highest BCUT2D eigenvalue weighted by molar-refractivity contribution is 5.94. The number of hydrogen-bond acceptors (Lipinski definition) is 2. The highest BCUT2D eigenvalue weighted by Crippen LogP contribution is 2.26. The van der Waals surface area contributed by atoms with Crippen LogP contribution < -0.4 is 4.90 Å². The fraction of sp³-hybridized carbons (Fsp3) is 0.417. The van der Waals surface area contributed by atoms with Gasteiger partial charge < -0.3 is 10.0 Å². The van der Waals surface area contributed by atoms with Gasteiger partial charge in [-0.15, -0.1) is 0 Å². The Balaban J connectivity index is 2.34. The molecule has 0 unspecified atom stereocenters. The van der Waals surface area contributed by atoms with Gasteiger partial charge in [0, 0.05) is 18.2 Å². The van der Waals surface area contributed by atoms with Crippen molar-refractivity contribution in [3.63, 3.8) is 0 Å². The zero-order valence-electron chi connectivity index (χ0n) is 9.20. The lowest BCUT2D eigenvalue weighted by Crippen LogP contribution is -2.45. The van der Waals surface area contributed by atoms with Crippen molar-refractivity contribution in [1.29, 1.82) is 0 Å². The largest absolute Gasteiger partial charge is 0.394 e. The minimum absolute atomic E-state index is 0.165. The molecule has 1 atom stereocenters. The number of nitrogens with zero attached hydrogens (tertiary/aromatic N) is 1. The number of benzene rings is 1. The van der Waals surface area contributed by atoms with Crippen molar-refractivity contribution in [2.75, 3.05) is 11.5 Å². The number of rotatable bonds is 2. The van der Waals surface area contributed by atoms with E-state index in [-0.39, 0.29) is 18.6 Å². The van der Waals surface area contributed by atoms with Crippen LogP contribution in [0.3, 0.4) is 0 Å². The van der Waals surface area contributed by atoms with Crippen LogP contribution in [0.15, 0.2) is 18.2 Å². The van der Waals surface area contributed by atoms with Crippen molar-refractivity contribution in [3.05, 3.63) is 29.8 Å². The first-order valence-electron chi connectivity index (χ1n) is 5.51. The average molecular weight is 241 g/mol. The van der Waals surface area contributed by atoms with E-state index in [0.29, 0.717) is 24.9 Å². The van der Waals surface area contributed by atoms with Gasteiger partial charge >= 0.3 is 0 Å². The molecule has 0 saturated carbocycles. The number of piperidine rings is 1. The molecule has 0 bridgehead atoms. The molecule has 92 valence electrons. The maximum atomic E-state index is 13.1. The summed E-state index contributed by atoms with van der Waals surface area (Å²) >= 11 is 0. The van der Waals surface area contributed by atoms with Gasteiger partial charge in [0.25, 0.3) is 0 Å². The predicted molar refractivity (Wildman–Crippen MR) is 58.6 cm³/mol. The fourth-order valence-corrected chi connectivity index (χ4v) is 2.10. The highest BCUT2D eigenvalue weighted by atomic mass is 19.2. The molecule has 1 aliphatic rings. The van der Waals surface area contributed by atoms with E-state index in [0.717, 1.165) is 12.1 Å². The number of halogens is 2. The van der Waals surface area contributed by atoms with E-state index < -0.39 is 11.6 Å². The van der Waals surface area contributed by atoms with Gasteiger partial charge in [0.05, 0.1) is 12.6 Å². The maximum Gasteiger partial charge on any atom is 0.227 e. The van der Waals surface area contributed by atoms with Crippen LogP contribution in [0, 0.1) is 11.6 Å². The molecule has 1 saturated heterocycles. The summed E-state index contributed by atoms with van der Waals surface area (Å²) in [6.07, 6.45) is 1.75. The number of carbonyl (C=O) groups excluding carboxylic acids is 1. The van der Waals surface area contributed by atoms with Crippen LogP contribution in [0.2, 0.25) is 0 Å². The lowest BCUT2D eigenvalue weighted by Gasteiger charge is -2.34. The molecule has 1 aromatic rings. The molecule has 1 aromatic carbocycles. The van der Waals surface area contributed by atoms with Gasteiger partial charge in [-0.2, -0.15) is 0 Å². The van der Waals surface area contributed by atoms with Crippen LogP contribution in [0.1, 0.15) is 19.3 Å². The van der Waals surface area contributed by atoms with E-state index in [9.17, 15) is 18.7 Å². The molecule has 0 aliphatic carbocycles. The van der Waals surface area contributed by atoms with E-state index in [1.807, 2.05) is 0 Å². The Morgan fingerprint density at radius 3 is 2.76 bits per heavy atom. The second-order valence-corrected chi connectivity index (χ2v) is 4.09. The molecular formula is C12H13F2NO2. The third-order valence-corrected chi connectivity index (χ3v) is 2.95. The van der Waals surface area contributed by atoms with Crippen molar-refractivity contribution >= 4 is 11.6 Å². The standard InChI is InChI=1S/C12H13F2NO2/c13-10-5-4-8(6-11(10)14)15-9(7-16)2-1-3-12(15)17/h4-6,9,16H,1-3,7H2/t9-/m0/s1. The molecule has 5 heteroatoms. The highest BCUT2D eigenvalue weighted by Gasteiger charge is 2.29. The molecule has 1 fully saturated rings. The van der Waals surface area contributed by atoms with Crippen LogP contribution in [-0.2, 0) is 4.79 Å². The van der Waals surface area contributed by atoms with Crippen molar-refractivity contribution < 1.29 is 18.7 Å². The van der Waals surface area contributed by atoms with Gasteiger partial charge in [0.15, 0.2) is 11.6 Å². The first-order valence-corrected chi connectivity index (χ1v) is 5.51. The van der Waals surface area contributed by atoms with E-state index in [1.165, 1.54) is 11.0 Å². The number of carbonyl (C=O) groups is 1. The average Bonchev–Trinajstić information content (AvgIpc) is 2.32. The molecular weight excluding hydrogens is 228 g/mol. The van der Waals surface area contributed by atoms with Crippen LogP contribution in [0.25, 0.3) is 0 Å². The first kappa shape index (κ1) is 12.0. The normalized spacial score (nSPS) is 20.8. The quantitative estimate of drug-likeness (QED) is 0.858. The van der Waals surface area contributed by atoms with Crippen LogP contribution >= 0.6 is 0 Å². The zero-order valence-corrected chi connectivity index (χ0v) is 9.20. The van der Waals surface area contributed by atoms with Crippen molar-refractivity contribution in [1.82, 2.24) is 0 Å². The van der Waals surface area contributed by atoms with E-state index in [4.69, 9.17) is 0 Å². The van der Waals surface area contributed by atoms with Gasteiger partial charge in [0.2, 0.25) is 5.91 Å². The molecule has 17 heavy (non-hydrogen) atoms. The van der Waals surface area contributed by atoms with Crippen LogP contribution in [-0.4, -0.2) is 23.7 Å². The van der Waals surface area contributed by atoms with Crippen molar-refractivity contribution in [2.45, 2.75) is 25.3 Å². The molecule has 2 rings (SSSR count). The molecule has 1 N–H and O–H groups in total. The van der Waals surface area contributed by atoms with Gasteiger partial charge in [-0.05, 0) is 25.0 Å². The van der Waals surface area contributed by atoms with E-state index in [2.05, 4.69) is 0 Å². The first-order chi connectivity index (χ1) is 8.13. The molecule has 1 heterocycles. The minimum atomic E-state index is -0.988. The summed E-state index contributed by atoms with van der Waals surface area (Å²) in [5.41, 5.74) is 0.299. The number of aliphatic hydroxyl groups excluding tert-OH is 1. The summed E-state index contributed by atoms with van der Waals surface area (Å²) in [6, 6.07) is 2.98. The number of amides is 1. The summed E-state index contributed by atoms with van der Waals surface area (Å²) < 4.78 is 25.9. The SMILES string of the molecule is O=C1CCC[C@@H](CO)N1c1ccc(F)c(F)c1. The Bertz CT molecular complexity index is 437. The molecule has 1 aliphatic heterocycles. The van der Waals surface area contributed by atoms with E-state index in [1.54, 1.807) is 0 Å². The molecule has 1 amide bonds. The Labute approximate surface area is 97.7 Å². The molecule has 0 spiro atoms. The van der Waals surface area contributed by atoms with Crippen molar-refractivity contribution in [3.8, 4) is 0 Å². The van der Waals surface area contributed by atoms with Crippen LogP contribution in [0.5, 0.6) is 0 Å². The third-order valence-electron chi connectivity index (χ3n) is 2.95. The summed E-state index contributed by atoms with van der Waals surface area (Å²) in [5, 5.41) is 9.20. The second kappa shape index (κ2) is 4.79. The van der Waals surface area contributed by atoms with Gasteiger partial charge in [-0.25, -0.2) is 8.78 Å². The lowest BCUT2D eigenvalue weighted by molar-refractivity contribution is -0.120. The van der Waals surface area contributed by atoms with Crippen LogP contribution in [0.4, 0.5) is 14.5 Å². The Hall–Kier alpha value is -1.49. The van der Waals surface area contributed by atoms with E-state index >= 15 is 0 Å². The zero-order chi connectivity index (χ0) is 12.4. The molecule has 3 nitrogen and oxygen atoms in total. The molecule has 0 aromatic heterocycles. The lowest BCUT2D eigenvalue weighted by atomic mass is 10.0. The minimum Gasteiger partial charge on any atom is -0.394 e. The number of hydrogen-bond donors (Lipinski definition) is 1. The summed E-state index contributed by atoms with van der Waals surface area (Å²) in [7, 11) is 0. The van der Waals surface area contributed by atoms with Gasteiger partial charge in [-0.1, -0.05) is 0 Å².